The van der Waals surface area contributed by atoms with Crippen molar-refractivity contribution in [2.75, 3.05) is 19.7 Å². The molecule has 2 N–H and O–H groups in total. The second-order valence-electron chi connectivity index (χ2n) is 6.19. The lowest BCUT2D eigenvalue weighted by atomic mass is 10.1. The number of rotatable bonds is 3. The molecule has 1 amide bonds. The van der Waals surface area contributed by atoms with Gasteiger partial charge in [-0.3, -0.25) is 4.79 Å². The summed E-state index contributed by atoms with van der Waals surface area (Å²) in [5, 5.41) is 1.11. The summed E-state index contributed by atoms with van der Waals surface area (Å²) < 4.78 is 5.77. The number of para-hydroxylation sites is 1. The van der Waals surface area contributed by atoms with Gasteiger partial charge in [-0.1, -0.05) is 18.2 Å². The van der Waals surface area contributed by atoms with E-state index in [1.54, 1.807) is 6.20 Å². The van der Waals surface area contributed by atoms with Crippen LogP contribution < -0.4 is 0 Å². The maximum absolute atomic E-state index is 12.7. The van der Waals surface area contributed by atoms with Crippen molar-refractivity contribution in [3.05, 3.63) is 53.7 Å². The number of fused-ring (bicyclic) bond motifs is 1. The molecular formula is C18H20N4O2. The SMILES string of the molecule is Cc1cnc(C2CN(C(=O)Cc3c[nH]c4ccccc34)CCO2)[nH]1. The number of ether oxygens (including phenoxy) is 1. The van der Waals surface area contributed by atoms with Crippen LogP contribution in [0.25, 0.3) is 10.9 Å². The molecule has 3 aromatic rings. The van der Waals surface area contributed by atoms with Crippen LogP contribution in [0.2, 0.25) is 0 Å². The number of nitrogens with zero attached hydrogens (tertiary/aromatic N) is 2. The Morgan fingerprint density at radius 3 is 3.12 bits per heavy atom. The minimum absolute atomic E-state index is 0.122. The van der Waals surface area contributed by atoms with Gasteiger partial charge < -0.3 is 19.6 Å². The molecule has 0 saturated carbocycles. The zero-order chi connectivity index (χ0) is 16.5. The maximum atomic E-state index is 12.7. The van der Waals surface area contributed by atoms with Crippen molar-refractivity contribution in [1.82, 2.24) is 19.9 Å². The highest BCUT2D eigenvalue weighted by Gasteiger charge is 2.27. The fourth-order valence-electron chi connectivity index (χ4n) is 3.19. The molecule has 1 aromatic carbocycles. The molecule has 0 aliphatic carbocycles. The minimum atomic E-state index is -0.181. The van der Waals surface area contributed by atoms with Crippen LogP contribution in [0.4, 0.5) is 0 Å². The molecule has 6 nitrogen and oxygen atoms in total. The molecule has 0 bridgehead atoms. The molecule has 1 aliphatic heterocycles. The zero-order valence-corrected chi connectivity index (χ0v) is 13.6. The van der Waals surface area contributed by atoms with E-state index in [1.165, 1.54) is 0 Å². The van der Waals surface area contributed by atoms with Crippen molar-refractivity contribution in [3.8, 4) is 0 Å². The van der Waals surface area contributed by atoms with E-state index in [4.69, 9.17) is 4.74 Å². The van der Waals surface area contributed by atoms with E-state index in [-0.39, 0.29) is 12.0 Å². The van der Waals surface area contributed by atoms with Crippen LogP contribution in [0, 0.1) is 6.92 Å². The first kappa shape index (κ1) is 15.0. The average Bonchev–Trinajstić information content (AvgIpc) is 3.22. The molecule has 0 spiro atoms. The lowest BCUT2D eigenvalue weighted by Crippen LogP contribution is -2.43. The number of amides is 1. The molecular weight excluding hydrogens is 304 g/mol. The third-order valence-electron chi connectivity index (χ3n) is 4.46. The lowest BCUT2D eigenvalue weighted by Gasteiger charge is -2.32. The van der Waals surface area contributed by atoms with E-state index in [2.05, 4.69) is 15.0 Å². The Hall–Kier alpha value is -2.60. The molecule has 1 saturated heterocycles. The van der Waals surface area contributed by atoms with Crippen molar-refractivity contribution in [2.24, 2.45) is 0 Å². The van der Waals surface area contributed by atoms with Gasteiger partial charge in [0.05, 0.1) is 19.6 Å². The number of aromatic amines is 2. The molecule has 1 atom stereocenters. The second-order valence-corrected chi connectivity index (χ2v) is 6.19. The summed E-state index contributed by atoms with van der Waals surface area (Å²) in [7, 11) is 0. The number of aromatic nitrogens is 3. The van der Waals surface area contributed by atoms with E-state index in [9.17, 15) is 4.79 Å². The fraction of sp³-hybridized carbons (Fsp3) is 0.333. The van der Waals surface area contributed by atoms with Crippen molar-refractivity contribution in [2.45, 2.75) is 19.4 Å². The van der Waals surface area contributed by atoms with Gasteiger partial charge in [-0.25, -0.2) is 4.98 Å². The summed E-state index contributed by atoms with van der Waals surface area (Å²) >= 11 is 0. The van der Waals surface area contributed by atoms with Gasteiger partial charge in [0.15, 0.2) is 0 Å². The zero-order valence-electron chi connectivity index (χ0n) is 13.6. The van der Waals surface area contributed by atoms with Crippen LogP contribution in [-0.2, 0) is 16.0 Å². The first-order valence-corrected chi connectivity index (χ1v) is 8.16. The Bertz CT molecular complexity index is 867. The highest BCUT2D eigenvalue weighted by atomic mass is 16.5. The molecule has 2 aromatic heterocycles. The highest BCUT2D eigenvalue weighted by molar-refractivity contribution is 5.88. The predicted octanol–water partition coefficient (Wildman–Crippen LogP) is 2.34. The standard InChI is InChI=1S/C18H20N4O2/c1-12-9-20-18(21-12)16-11-22(6-7-24-16)17(23)8-13-10-19-15-5-3-2-4-14(13)15/h2-5,9-10,16,19H,6-8,11H2,1H3,(H,20,21). The average molecular weight is 324 g/mol. The fourth-order valence-corrected chi connectivity index (χ4v) is 3.19. The first-order chi connectivity index (χ1) is 11.7. The van der Waals surface area contributed by atoms with Crippen LogP contribution in [0.15, 0.2) is 36.7 Å². The smallest absolute Gasteiger partial charge is 0.227 e. The predicted molar refractivity (Wildman–Crippen MR) is 90.6 cm³/mol. The van der Waals surface area contributed by atoms with Crippen LogP contribution in [0.1, 0.15) is 23.2 Å². The Labute approximate surface area is 139 Å². The molecule has 1 fully saturated rings. The van der Waals surface area contributed by atoms with E-state index < -0.39 is 0 Å². The second kappa shape index (κ2) is 6.13. The number of nitrogens with one attached hydrogen (secondary N) is 2. The molecule has 24 heavy (non-hydrogen) atoms. The van der Waals surface area contributed by atoms with Crippen LogP contribution in [0.3, 0.4) is 0 Å². The number of carbonyl (C=O) groups excluding carboxylic acids is 1. The van der Waals surface area contributed by atoms with Crippen LogP contribution in [0.5, 0.6) is 0 Å². The van der Waals surface area contributed by atoms with Crippen molar-refractivity contribution >= 4 is 16.8 Å². The van der Waals surface area contributed by atoms with E-state index in [0.717, 1.165) is 28.0 Å². The quantitative estimate of drug-likeness (QED) is 0.776. The van der Waals surface area contributed by atoms with E-state index in [1.807, 2.05) is 42.3 Å². The number of morpholine rings is 1. The van der Waals surface area contributed by atoms with Gasteiger partial charge in [0.1, 0.15) is 11.9 Å². The summed E-state index contributed by atoms with van der Waals surface area (Å²) in [6.45, 7) is 3.65. The Kier molecular flexibility index (Phi) is 3.82. The van der Waals surface area contributed by atoms with Crippen molar-refractivity contribution in [3.63, 3.8) is 0 Å². The van der Waals surface area contributed by atoms with Crippen molar-refractivity contribution in [1.29, 1.82) is 0 Å². The largest absolute Gasteiger partial charge is 0.367 e. The van der Waals surface area contributed by atoms with Gasteiger partial charge in [-0.15, -0.1) is 0 Å². The highest BCUT2D eigenvalue weighted by Crippen LogP contribution is 2.22. The Balaban J connectivity index is 1.48. The van der Waals surface area contributed by atoms with Gasteiger partial charge in [0.25, 0.3) is 0 Å². The van der Waals surface area contributed by atoms with Crippen molar-refractivity contribution < 1.29 is 9.53 Å². The molecule has 0 radical (unpaired) electrons. The van der Waals surface area contributed by atoms with Gasteiger partial charge in [-0.2, -0.15) is 0 Å². The number of carbonyl (C=O) groups is 1. The van der Waals surface area contributed by atoms with Crippen LogP contribution >= 0.6 is 0 Å². The monoisotopic (exact) mass is 324 g/mol. The molecule has 124 valence electrons. The summed E-state index contributed by atoms with van der Waals surface area (Å²) in [5.41, 5.74) is 3.09. The third kappa shape index (κ3) is 2.80. The topological polar surface area (TPSA) is 74.0 Å². The number of aryl methyl sites for hydroxylation is 1. The van der Waals surface area contributed by atoms with Crippen LogP contribution in [-0.4, -0.2) is 45.5 Å². The summed E-state index contributed by atoms with van der Waals surface area (Å²) in [6.07, 6.45) is 3.93. The van der Waals surface area contributed by atoms with Gasteiger partial charge in [0.2, 0.25) is 5.91 Å². The molecule has 6 heteroatoms. The number of hydrogen-bond donors (Lipinski definition) is 2. The number of benzene rings is 1. The molecule has 1 unspecified atom stereocenters. The van der Waals surface area contributed by atoms with E-state index in [0.29, 0.717) is 26.1 Å². The maximum Gasteiger partial charge on any atom is 0.227 e. The summed E-state index contributed by atoms with van der Waals surface area (Å²) in [5.74, 6) is 0.911. The molecule has 4 rings (SSSR count). The number of H-pyrrole nitrogens is 2. The number of hydrogen-bond acceptors (Lipinski definition) is 3. The number of imidazole rings is 1. The third-order valence-corrected chi connectivity index (χ3v) is 4.46. The molecule has 3 heterocycles. The normalized spacial score (nSPS) is 18.2. The first-order valence-electron chi connectivity index (χ1n) is 8.16. The summed E-state index contributed by atoms with van der Waals surface area (Å²) in [4.78, 5) is 25.3. The van der Waals surface area contributed by atoms with E-state index >= 15 is 0 Å². The van der Waals surface area contributed by atoms with Gasteiger partial charge in [-0.05, 0) is 18.6 Å². The summed E-state index contributed by atoms with van der Waals surface area (Å²) in [6, 6.07) is 8.05. The Morgan fingerprint density at radius 1 is 1.42 bits per heavy atom. The minimum Gasteiger partial charge on any atom is -0.367 e. The van der Waals surface area contributed by atoms with Gasteiger partial charge >= 0.3 is 0 Å². The molecule has 1 aliphatic rings. The Morgan fingerprint density at radius 2 is 2.29 bits per heavy atom. The van der Waals surface area contributed by atoms with Gasteiger partial charge in [0, 0.05) is 35.5 Å². The lowest BCUT2D eigenvalue weighted by molar-refractivity contribution is -0.138.